The van der Waals surface area contributed by atoms with E-state index in [2.05, 4.69) is 21.2 Å². The summed E-state index contributed by atoms with van der Waals surface area (Å²) in [6.07, 6.45) is 1.21. The second-order valence-electron chi connectivity index (χ2n) is 4.64. The molecule has 0 atom stereocenters. The van der Waals surface area contributed by atoms with Crippen LogP contribution in [0.25, 0.3) is 6.08 Å². The van der Waals surface area contributed by atoms with Crippen LogP contribution in [0.3, 0.4) is 0 Å². The highest BCUT2D eigenvalue weighted by Gasteiger charge is 2.15. The molecule has 0 spiro atoms. The van der Waals surface area contributed by atoms with Crippen molar-refractivity contribution >= 4 is 39.3 Å². The summed E-state index contributed by atoms with van der Waals surface area (Å²) < 4.78 is 0.761. The lowest BCUT2D eigenvalue weighted by molar-refractivity contribution is -0.385. The summed E-state index contributed by atoms with van der Waals surface area (Å²) in [5.41, 5.74) is 0.0102. The molecule has 24 heavy (non-hydrogen) atoms. The number of carbonyl (C=O) groups is 1. The number of halogens is 1. The minimum absolute atomic E-state index is 0.227. The van der Waals surface area contributed by atoms with Crippen molar-refractivity contribution in [2.45, 2.75) is 0 Å². The molecular formula is C16H10BrN3O4. The molecule has 0 heterocycles. The molecule has 8 heteroatoms. The van der Waals surface area contributed by atoms with Crippen LogP contribution >= 0.6 is 15.9 Å². The molecule has 7 nitrogen and oxygen atoms in total. The van der Waals surface area contributed by atoms with Crippen LogP contribution in [0, 0.1) is 21.4 Å². The molecule has 1 amide bonds. The molecule has 2 aromatic carbocycles. The fourth-order valence-corrected chi connectivity index (χ4v) is 2.26. The normalized spacial score (nSPS) is 10.8. The summed E-state index contributed by atoms with van der Waals surface area (Å²) in [5.74, 6) is -1.14. The van der Waals surface area contributed by atoms with Gasteiger partial charge in [-0.25, -0.2) is 0 Å². The molecule has 2 aromatic rings. The van der Waals surface area contributed by atoms with Gasteiger partial charge < -0.3 is 10.4 Å². The predicted octanol–water partition coefficient (Wildman–Crippen LogP) is 3.61. The van der Waals surface area contributed by atoms with E-state index >= 15 is 0 Å². The third-order valence-corrected chi connectivity index (χ3v) is 3.45. The molecule has 2 rings (SSSR count). The minimum atomic E-state index is -0.750. The first-order valence-electron chi connectivity index (χ1n) is 6.57. The van der Waals surface area contributed by atoms with Gasteiger partial charge in [0.25, 0.3) is 5.91 Å². The first-order valence-corrected chi connectivity index (χ1v) is 7.36. The summed E-state index contributed by atoms with van der Waals surface area (Å²) in [5, 5.41) is 31.9. The van der Waals surface area contributed by atoms with Crippen molar-refractivity contribution in [1.82, 2.24) is 0 Å². The average molecular weight is 388 g/mol. The summed E-state index contributed by atoms with van der Waals surface area (Å²) in [6.45, 7) is 0. The number of carbonyl (C=O) groups excluding carboxylic acids is 1. The van der Waals surface area contributed by atoms with Crippen LogP contribution < -0.4 is 5.32 Å². The van der Waals surface area contributed by atoms with Crippen LogP contribution in [0.5, 0.6) is 5.75 Å². The highest BCUT2D eigenvalue weighted by atomic mass is 79.9. The lowest BCUT2D eigenvalue weighted by Gasteiger charge is -2.05. The highest BCUT2D eigenvalue weighted by Crippen LogP contribution is 2.27. The number of anilines is 1. The van der Waals surface area contributed by atoms with Gasteiger partial charge in [0.05, 0.1) is 4.92 Å². The zero-order valence-corrected chi connectivity index (χ0v) is 13.6. The topological polar surface area (TPSA) is 116 Å². The maximum absolute atomic E-state index is 12.1. The molecule has 0 aliphatic rings. The SMILES string of the molecule is N#CC(=Cc1ccc(O)c([N+](=O)[O-])c1)C(=O)Nc1cccc(Br)c1. The van der Waals surface area contributed by atoms with Crippen LogP contribution in [0.1, 0.15) is 5.56 Å². The number of amides is 1. The molecule has 120 valence electrons. The van der Waals surface area contributed by atoms with Crippen molar-refractivity contribution in [1.29, 1.82) is 5.26 Å². The van der Waals surface area contributed by atoms with Gasteiger partial charge in [0.15, 0.2) is 5.75 Å². The second-order valence-corrected chi connectivity index (χ2v) is 5.56. The van der Waals surface area contributed by atoms with E-state index in [0.717, 1.165) is 16.6 Å². The number of phenolic OH excluding ortho intramolecular Hbond substituents is 1. The molecule has 0 unspecified atom stereocenters. The van der Waals surface area contributed by atoms with Crippen molar-refractivity contribution in [3.63, 3.8) is 0 Å². The Morgan fingerprint density at radius 1 is 1.33 bits per heavy atom. The van der Waals surface area contributed by atoms with Crippen LogP contribution in [0.4, 0.5) is 11.4 Å². The Morgan fingerprint density at radius 2 is 2.08 bits per heavy atom. The lowest BCUT2D eigenvalue weighted by atomic mass is 10.1. The molecule has 0 radical (unpaired) electrons. The van der Waals surface area contributed by atoms with Gasteiger partial charge in [0, 0.05) is 16.2 Å². The van der Waals surface area contributed by atoms with Crippen LogP contribution in [0.2, 0.25) is 0 Å². The molecular weight excluding hydrogens is 378 g/mol. The van der Waals surface area contributed by atoms with Gasteiger partial charge in [-0.15, -0.1) is 0 Å². The number of aromatic hydroxyl groups is 1. The number of hydrogen-bond donors (Lipinski definition) is 2. The number of rotatable bonds is 4. The minimum Gasteiger partial charge on any atom is -0.502 e. The summed E-state index contributed by atoms with van der Waals surface area (Å²) in [6, 6.07) is 12.2. The largest absolute Gasteiger partial charge is 0.502 e. The van der Waals surface area contributed by atoms with Crippen LogP contribution in [-0.4, -0.2) is 15.9 Å². The smallest absolute Gasteiger partial charge is 0.311 e. The van der Waals surface area contributed by atoms with E-state index in [1.54, 1.807) is 30.3 Å². The number of hydrogen-bond acceptors (Lipinski definition) is 5. The number of nitrogens with one attached hydrogen (secondary N) is 1. The Hall–Kier alpha value is -3.18. The van der Waals surface area contributed by atoms with E-state index in [9.17, 15) is 20.0 Å². The molecule has 0 aromatic heterocycles. The van der Waals surface area contributed by atoms with Gasteiger partial charge in [-0.3, -0.25) is 14.9 Å². The van der Waals surface area contributed by atoms with Crippen molar-refractivity contribution in [3.05, 3.63) is 68.2 Å². The zero-order valence-electron chi connectivity index (χ0n) is 12.1. The maximum Gasteiger partial charge on any atom is 0.311 e. The van der Waals surface area contributed by atoms with Gasteiger partial charge in [0.2, 0.25) is 0 Å². The third-order valence-electron chi connectivity index (χ3n) is 2.95. The number of phenols is 1. The number of nitro groups is 1. The van der Waals surface area contributed by atoms with E-state index in [4.69, 9.17) is 5.26 Å². The molecule has 0 bridgehead atoms. The Labute approximate surface area is 145 Å². The van der Waals surface area contributed by atoms with Crippen LogP contribution in [0.15, 0.2) is 52.5 Å². The van der Waals surface area contributed by atoms with E-state index in [1.165, 1.54) is 12.1 Å². The average Bonchev–Trinajstić information content (AvgIpc) is 2.53. The number of nitriles is 1. The third kappa shape index (κ3) is 4.18. The Bertz CT molecular complexity index is 887. The molecule has 0 aliphatic heterocycles. The Kier molecular flexibility index (Phi) is 5.29. The van der Waals surface area contributed by atoms with Gasteiger partial charge >= 0.3 is 5.69 Å². The van der Waals surface area contributed by atoms with Crippen molar-refractivity contribution < 1.29 is 14.8 Å². The lowest BCUT2D eigenvalue weighted by Crippen LogP contribution is -2.13. The van der Waals surface area contributed by atoms with Gasteiger partial charge in [-0.1, -0.05) is 28.1 Å². The molecule has 0 saturated heterocycles. The quantitative estimate of drug-likeness (QED) is 0.359. The van der Waals surface area contributed by atoms with Crippen molar-refractivity contribution in [3.8, 4) is 11.8 Å². The van der Waals surface area contributed by atoms with E-state index in [-0.39, 0.29) is 11.1 Å². The van der Waals surface area contributed by atoms with Gasteiger partial charge in [0.1, 0.15) is 11.6 Å². The van der Waals surface area contributed by atoms with Crippen LogP contribution in [-0.2, 0) is 4.79 Å². The first-order chi connectivity index (χ1) is 11.4. The predicted molar refractivity (Wildman–Crippen MR) is 91.1 cm³/mol. The highest BCUT2D eigenvalue weighted by molar-refractivity contribution is 9.10. The maximum atomic E-state index is 12.1. The van der Waals surface area contributed by atoms with Gasteiger partial charge in [-0.05, 0) is 35.9 Å². The number of nitro benzene ring substituents is 1. The standard InChI is InChI=1S/C16H10BrN3O4/c17-12-2-1-3-13(8-12)19-16(22)11(9-18)6-10-4-5-15(21)14(7-10)20(23)24/h1-8,21H,(H,19,22). The zero-order chi connectivity index (χ0) is 17.7. The Balaban J connectivity index is 2.29. The molecule has 0 saturated carbocycles. The Morgan fingerprint density at radius 3 is 2.71 bits per heavy atom. The molecule has 0 aliphatic carbocycles. The van der Waals surface area contributed by atoms with Gasteiger partial charge in [-0.2, -0.15) is 5.26 Å². The fourth-order valence-electron chi connectivity index (χ4n) is 1.86. The van der Waals surface area contributed by atoms with E-state index in [0.29, 0.717) is 5.69 Å². The van der Waals surface area contributed by atoms with Crippen molar-refractivity contribution in [2.75, 3.05) is 5.32 Å². The van der Waals surface area contributed by atoms with Crippen molar-refractivity contribution in [2.24, 2.45) is 0 Å². The van der Waals surface area contributed by atoms with E-state index in [1.807, 2.05) is 0 Å². The molecule has 2 N–H and O–H groups in total. The number of nitrogens with zero attached hydrogens (tertiary/aromatic N) is 2. The summed E-state index contributed by atoms with van der Waals surface area (Å²) in [7, 11) is 0. The summed E-state index contributed by atoms with van der Waals surface area (Å²) >= 11 is 3.27. The fraction of sp³-hybridized carbons (Fsp3) is 0. The second kappa shape index (κ2) is 7.39. The first kappa shape index (κ1) is 17.2. The summed E-state index contributed by atoms with van der Waals surface area (Å²) in [4.78, 5) is 22.2. The van der Waals surface area contributed by atoms with E-state index < -0.39 is 22.3 Å². The number of benzene rings is 2. The molecule has 0 fully saturated rings. The monoisotopic (exact) mass is 387 g/mol.